The minimum absolute atomic E-state index is 0. The Morgan fingerprint density at radius 2 is 1.56 bits per heavy atom. The van der Waals surface area contributed by atoms with Crippen LogP contribution >= 0.6 is 24.8 Å². The molecule has 0 aliphatic heterocycles. The first-order chi connectivity index (χ1) is 3.65. The van der Waals surface area contributed by atoms with Gasteiger partial charge in [-0.3, -0.25) is 0 Å². The van der Waals surface area contributed by atoms with E-state index in [1.54, 1.807) is 0 Å². The Morgan fingerprint density at radius 3 is 1.56 bits per heavy atom. The van der Waals surface area contributed by atoms with Crippen LogP contribution in [0.2, 0.25) is 0 Å². The standard InChI is InChI=1S/C4H10.CH3NS2.Fe/c1-3-4-2;2-1(3)4;/h3-4H2,1-2H3;(H3,2,3,4);. The maximum absolute atomic E-state index is 4.71. The molecule has 0 amide bonds. The second kappa shape index (κ2) is 15.9. The fourth-order valence-corrected chi connectivity index (χ4v) is 0. The van der Waals surface area contributed by atoms with Gasteiger partial charge in [0.15, 0.2) is 0 Å². The second-order valence-corrected chi connectivity index (χ2v) is 2.56. The maximum Gasteiger partial charge on any atom is 0.128 e. The monoisotopic (exact) mass is 207 g/mol. The van der Waals surface area contributed by atoms with Crippen molar-refractivity contribution in [3.63, 3.8) is 0 Å². The fraction of sp³-hybridized carbons (Fsp3) is 0.800. The Balaban J connectivity index is -0.0000000720. The van der Waals surface area contributed by atoms with E-state index >= 15 is 0 Å². The van der Waals surface area contributed by atoms with Crippen molar-refractivity contribution in [1.29, 1.82) is 0 Å². The van der Waals surface area contributed by atoms with Crippen LogP contribution in [0.3, 0.4) is 0 Å². The Kier molecular flexibility index (Phi) is 29.0. The molecule has 0 rings (SSSR count). The maximum atomic E-state index is 4.71. The van der Waals surface area contributed by atoms with Gasteiger partial charge < -0.3 is 5.73 Å². The van der Waals surface area contributed by atoms with E-state index in [9.17, 15) is 0 Å². The molecule has 0 aliphatic carbocycles. The van der Waals surface area contributed by atoms with Crippen LogP contribution in [0.15, 0.2) is 0 Å². The van der Waals surface area contributed by atoms with E-state index in [2.05, 4.69) is 38.7 Å². The number of hydrogen-bond acceptors (Lipinski definition) is 1. The molecule has 0 fully saturated rings. The molecule has 0 atom stereocenters. The van der Waals surface area contributed by atoms with Crippen molar-refractivity contribution in [3.8, 4) is 0 Å². The van der Waals surface area contributed by atoms with Crippen LogP contribution in [0.5, 0.6) is 0 Å². The smallest absolute Gasteiger partial charge is 0.128 e. The zero-order chi connectivity index (χ0) is 6.99. The summed E-state index contributed by atoms with van der Waals surface area (Å²) < 4.78 is 0.194. The number of hydrogen-bond donors (Lipinski definition) is 2. The van der Waals surface area contributed by atoms with Crippen LogP contribution in [0.4, 0.5) is 0 Å². The summed E-state index contributed by atoms with van der Waals surface area (Å²) in [6, 6.07) is 0. The van der Waals surface area contributed by atoms with Crippen molar-refractivity contribution < 1.29 is 17.1 Å². The third-order valence-electron chi connectivity index (χ3n) is 0.500. The summed E-state index contributed by atoms with van der Waals surface area (Å²) in [4.78, 5) is 0. The molecule has 0 radical (unpaired) electrons. The first-order valence-electron chi connectivity index (χ1n) is 2.63. The molecule has 0 aromatic heterocycles. The van der Waals surface area contributed by atoms with Crippen molar-refractivity contribution in [3.05, 3.63) is 0 Å². The van der Waals surface area contributed by atoms with Crippen molar-refractivity contribution in [2.24, 2.45) is 5.73 Å². The fourth-order valence-electron chi connectivity index (χ4n) is 0. The van der Waals surface area contributed by atoms with Gasteiger partial charge in [0.25, 0.3) is 0 Å². The first kappa shape index (κ1) is 16.4. The van der Waals surface area contributed by atoms with Gasteiger partial charge >= 0.3 is 0 Å². The van der Waals surface area contributed by atoms with Crippen molar-refractivity contribution in [2.45, 2.75) is 26.7 Å². The third kappa shape index (κ3) is 129. The van der Waals surface area contributed by atoms with Crippen molar-refractivity contribution >= 4 is 29.2 Å². The van der Waals surface area contributed by atoms with E-state index in [1.807, 2.05) is 0 Å². The molecule has 1 nitrogen and oxygen atoms in total. The van der Waals surface area contributed by atoms with Crippen LogP contribution in [-0.4, -0.2) is 4.32 Å². The predicted octanol–water partition coefficient (Wildman–Crippen LogP) is 1.96. The Hall–Kier alpha value is 0.759. The Labute approximate surface area is 78.7 Å². The molecule has 9 heavy (non-hydrogen) atoms. The average Bonchev–Trinajstić information content (AvgIpc) is 1.65. The molecule has 0 aliphatic rings. The topological polar surface area (TPSA) is 26.0 Å². The number of unbranched alkanes of at least 4 members (excludes halogenated alkanes) is 1. The molecule has 4 heteroatoms. The molecule has 0 saturated heterocycles. The van der Waals surface area contributed by atoms with Crippen molar-refractivity contribution in [1.82, 2.24) is 0 Å². The summed E-state index contributed by atoms with van der Waals surface area (Å²) in [6.07, 6.45) is 2.64. The minimum Gasteiger partial charge on any atom is -0.385 e. The average molecular weight is 207 g/mol. The summed E-state index contributed by atoms with van der Waals surface area (Å²) in [6.45, 7) is 4.36. The molecule has 0 bridgehead atoms. The first-order valence-corrected chi connectivity index (χ1v) is 3.49. The molecule has 0 aromatic carbocycles. The van der Waals surface area contributed by atoms with Crippen LogP contribution < -0.4 is 5.73 Å². The molecule has 0 saturated carbocycles. The molecular weight excluding hydrogens is 194 g/mol. The van der Waals surface area contributed by atoms with E-state index in [0.29, 0.717) is 0 Å². The van der Waals surface area contributed by atoms with Gasteiger partial charge in [-0.15, -0.1) is 12.6 Å². The van der Waals surface area contributed by atoms with Gasteiger partial charge in [0, 0.05) is 17.1 Å². The number of thiol groups is 1. The van der Waals surface area contributed by atoms with E-state index in [1.165, 1.54) is 12.8 Å². The normalized spacial score (nSPS) is 6.11. The van der Waals surface area contributed by atoms with Crippen LogP contribution in [0, 0.1) is 0 Å². The molecule has 58 valence electrons. The van der Waals surface area contributed by atoms with Gasteiger partial charge in [0.05, 0.1) is 0 Å². The van der Waals surface area contributed by atoms with E-state index in [4.69, 9.17) is 5.73 Å². The summed E-state index contributed by atoms with van der Waals surface area (Å²) in [7, 11) is 0. The van der Waals surface area contributed by atoms with Crippen LogP contribution in [0.1, 0.15) is 26.7 Å². The van der Waals surface area contributed by atoms with Crippen LogP contribution in [-0.2, 0) is 17.1 Å². The second-order valence-electron chi connectivity index (χ2n) is 1.34. The van der Waals surface area contributed by atoms with Gasteiger partial charge in [0.2, 0.25) is 0 Å². The number of nitrogens with two attached hydrogens (primary N) is 1. The quantitative estimate of drug-likeness (QED) is 0.390. The van der Waals surface area contributed by atoms with Crippen LogP contribution in [0.25, 0.3) is 0 Å². The SMILES string of the molecule is CCCC.NC(=S)S.[Fe]. The molecule has 0 heterocycles. The van der Waals surface area contributed by atoms with E-state index in [0.717, 1.165) is 0 Å². The van der Waals surface area contributed by atoms with Gasteiger partial charge in [0.1, 0.15) is 4.32 Å². The number of rotatable bonds is 1. The third-order valence-corrected chi connectivity index (χ3v) is 0.500. The van der Waals surface area contributed by atoms with Gasteiger partial charge in [-0.1, -0.05) is 38.9 Å². The van der Waals surface area contributed by atoms with Gasteiger partial charge in [-0.25, -0.2) is 0 Å². The van der Waals surface area contributed by atoms with Crippen molar-refractivity contribution in [2.75, 3.05) is 0 Å². The van der Waals surface area contributed by atoms with E-state index < -0.39 is 0 Å². The largest absolute Gasteiger partial charge is 0.385 e. The molecule has 0 aromatic rings. The Bertz CT molecular complexity index is 52.9. The minimum atomic E-state index is 0. The zero-order valence-corrected chi connectivity index (χ0v) is 8.52. The molecule has 0 unspecified atom stereocenters. The predicted molar refractivity (Wildman–Crippen MR) is 46.4 cm³/mol. The van der Waals surface area contributed by atoms with E-state index in [-0.39, 0.29) is 21.4 Å². The summed E-state index contributed by atoms with van der Waals surface area (Å²) in [5.41, 5.74) is 4.71. The summed E-state index contributed by atoms with van der Waals surface area (Å²) in [5, 5.41) is 0. The molecule has 2 N–H and O–H groups in total. The Morgan fingerprint density at radius 1 is 1.44 bits per heavy atom. The molecular formula is C5H13FeNS2. The zero-order valence-electron chi connectivity index (χ0n) is 5.70. The van der Waals surface area contributed by atoms with Gasteiger partial charge in [-0.05, 0) is 0 Å². The number of thiocarbonyl (C=S) groups is 1. The van der Waals surface area contributed by atoms with Gasteiger partial charge in [-0.2, -0.15) is 0 Å². The molecule has 0 spiro atoms. The summed E-state index contributed by atoms with van der Waals surface area (Å²) in [5.74, 6) is 0. The summed E-state index contributed by atoms with van der Waals surface area (Å²) >= 11 is 7.65.